The second-order valence-corrected chi connectivity index (χ2v) is 6.60. The van der Waals surface area contributed by atoms with E-state index in [1.54, 1.807) is 0 Å². The summed E-state index contributed by atoms with van der Waals surface area (Å²) in [7, 11) is 0. The number of hydrogen-bond donors (Lipinski definition) is 2. The highest BCUT2D eigenvalue weighted by atomic mass is 35.5. The van der Waals surface area contributed by atoms with Crippen LogP contribution >= 0.6 is 34.8 Å². The van der Waals surface area contributed by atoms with Crippen LogP contribution in [0.1, 0.15) is 18.4 Å². The molecule has 0 bridgehead atoms. The van der Waals surface area contributed by atoms with Crippen LogP contribution in [0.2, 0.25) is 0 Å². The Morgan fingerprint density at radius 3 is 2.18 bits per heavy atom. The number of alkyl halides is 3. The normalized spacial score (nSPS) is 27.6. The zero-order valence-corrected chi connectivity index (χ0v) is 11.4. The molecule has 1 aromatic carbocycles. The number of anilines is 1. The van der Waals surface area contributed by atoms with Gasteiger partial charge in [0.15, 0.2) is 0 Å². The maximum Gasteiger partial charge on any atom is 0.146 e. The average Bonchev–Trinajstić information content (AvgIpc) is 2.17. The molecule has 0 saturated carbocycles. The fourth-order valence-electron chi connectivity index (χ4n) is 1.95. The first-order valence-electron chi connectivity index (χ1n) is 5.22. The lowest BCUT2D eigenvalue weighted by molar-refractivity contribution is 0.534. The van der Waals surface area contributed by atoms with E-state index in [0.717, 1.165) is 11.1 Å². The lowest BCUT2D eigenvalue weighted by Gasteiger charge is -2.35. The second-order valence-electron chi connectivity index (χ2n) is 4.36. The molecule has 0 heterocycles. The Morgan fingerprint density at radius 1 is 1.06 bits per heavy atom. The molecule has 4 N–H and O–H groups in total. The van der Waals surface area contributed by atoms with Crippen LogP contribution in [0.5, 0.6) is 0 Å². The molecule has 0 fully saturated rings. The fourth-order valence-corrected chi connectivity index (χ4v) is 3.21. The second kappa shape index (κ2) is 4.36. The molecule has 0 amide bonds. The van der Waals surface area contributed by atoms with Crippen molar-refractivity contribution in [3.8, 4) is 0 Å². The minimum Gasteiger partial charge on any atom is -0.399 e. The summed E-state index contributed by atoms with van der Waals surface area (Å²) in [6, 6.07) is 7.40. The molecule has 2 rings (SSSR count). The monoisotopic (exact) mass is 290 g/mol. The molecule has 0 spiro atoms. The van der Waals surface area contributed by atoms with Gasteiger partial charge in [-0.25, -0.2) is 0 Å². The number of hydrogen-bond acceptors (Lipinski definition) is 2. The van der Waals surface area contributed by atoms with Crippen molar-refractivity contribution in [2.75, 3.05) is 5.73 Å². The molecule has 5 heteroatoms. The van der Waals surface area contributed by atoms with E-state index in [4.69, 9.17) is 46.3 Å². The highest BCUT2D eigenvalue weighted by molar-refractivity contribution is 6.54. The third-order valence-electron chi connectivity index (χ3n) is 2.78. The summed E-state index contributed by atoms with van der Waals surface area (Å²) < 4.78 is -1.06. The van der Waals surface area contributed by atoms with Crippen LogP contribution in [0.15, 0.2) is 30.3 Å². The predicted molar refractivity (Wildman–Crippen MR) is 75.3 cm³/mol. The maximum absolute atomic E-state index is 6.30. The fraction of sp³-hybridized carbons (Fsp3) is 0.333. The summed E-state index contributed by atoms with van der Waals surface area (Å²) in [6.45, 7) is 0. The van der Waals surface area contributed by atoms with Crippen LogP contribution < -0.4 is 11.5 Å². The van der Waals surface area contributed by atoms with Crippen molar-refractivity contribution >= 4 is 46.1 Å². The Morgan fingerprint density at radius 2 is 1.65 bits per heavy atom. The summed E-state index contributed by atoms with van der Waals surface area (Å²) in [5, 5.41) is 0. The van der Waals surface area contributed by atoms with Crippen LogP contribution in [0, 0.1) is 0 Å². The number of allylic oxidation sites excluding steroid dienone is 1. The van der Waals surface area contributed by atoms with Gasteiger partial charge in [0.2, 0.25) is 0 Å². The molecule has 1 aromatic rings. The quantitative estimate of drug-likeness (QED) is 0.472. The lowest BCUT2D eigenvalue weighted by Crippen LogP contribution is -2.41. The van der Waals surface area contributed by atoms with Crippen molar-refractivity contribution in [1.29, 1.82) is 0 Å². The molecule has 0 aliphatic heterocycles. The SMILES string of the molecule is Nc1ccc(C2=CCC(N)(Cl)CC2(Cl)Cl)cc1. The molecule has 1 aliphatic rings. The zero-order valence-electron chi connectivity index (χ0n) is 9.09. The Bertz CT molecular complexity index is 449. The van der Waals surface area contributed by atoms with Gasteiger partial charge in [0.25, 0.3) is 0 Å². The van der Waals surface area contributed by atoms with Gasteiger partial charge in [-0.3, -0.25) is 0 Å². The van der Waals surface area contributed by atoms with Crippen molar-refractivity contribution in [3.63, 3.8) is 0 Å². The highest BCUT2D eigenvalue weighted by Gasteiger charge is 2.41. The summed E-state index contributed by atoms with van der Waals surface area (Å²) in [5.41, 5.74) is 14.0. The van der Waals surface area contributed by atoms with Gasteiger partial charge in [0, 0.05) is 12.1 Å². The van der Waals surface area contributed by atoms with Crippen molar-refractivity contribution in [1.82, 2.24) is 0 Å². The van der Waals surface area contributed by atoms with E-state index in [0.29, 0.717) is 18.5 Å². The van der Waals surface area contributed by atoms with Crippen LogP contribution in [0.3, 0.4) is 0 Å². The van der Waals surface area contributed by atoms with Gasteiger partial charge in [-0.05, 0) is 29.7 Å². The van der Waals surface area contributed by atoms with Gasteiger partial charge < -0.3 is 11.5 Å². The topological polar surface area (TPSA) is 52.0 Å². The van der Waals surface area contributed by atoms with E-state index in [1.807, 2.05) is 30.3 Å². The minimum absolute atomic E-state index is 0.306. The molecule has 0 aromatic heterocycles. The Kier molecular flexibility index (Phi) is 3.34. The Labute approximate surface area is 116 Å². The molecular weight excluding hydrogens is 279 g/mol. The lowest BCUT2D eigenvalue weighted by atomic mass is 9.89. The summed E-state index contributed by atoms with van der Waals surface area (Å²) in [6.07, 6.45) is 2.73. The maximum atomic E-state index is 6.30. The Balaban J connectivity index is 2.38. The van der Waals surface area contributed by atoms with Crippen LogP contribution in [-0.4, -0.2) is 9.33 Å². The predicted octanol–water partition coefficient (Wildman–Crippen LogP) is 3.51. The van der Waals surface area contributed by atoms with Crippen LogP contribution in [0.4, 0.5) is 5.69 Å². The van der Waals surface area contributed by atoms with E-state index in [2.05, 4.69) is 0 Å². The third kappa shape index (κ3) is 2.89. The van der Waals surface area contributed by atoms with Crippen LogP contribution in [-0.2, 0) is 0 Å². The van der Waals surface area contributed by atoms with E-state index in [-0.39, 0.29) is 0 Å². The summed E-state index contributed by atoms with van der Waals surface area (Å²) >= 11 is 18.7. The van der Waals surface area contributed by atoms with E-state index < -0.39 is 9.33 Å². The minimum atomic E-state index is -1.06. The first-order valence-corrected chi connectivity index (χ1v) is 6.36. The van der Waals surface area contributed by atoms with Gasteiger partial charge in [-0.1, -0.05) is 41.4 Å². The molecule has 0 radical (unpaired) electrons. The van der Waals surface area contributed by atoms with Crippen molar-refractivity contribution in [2.45, 2.75) is 22.2 Å². The van der Waals surface area contributed by atoms with Crippen molar-refractivity contribution < 1.29 is 0 Å². The van der Waals surface area contributed by atoms with E-state index >= 15 is 0 Å². The van der Waals surface area contributed by atoms with Gasteiger partial charge in [-0.2, -0.15) is 0 Å². The van der Waals surface area contributed by atoms with Crippen LogP contribution in [0.25, 0.3) is 5.57 Å². The first kappa shape index (κ1) is 13.0. The molecular formula is C12H13Cl3N2. The average molecular weight is 292 g/mol. The number of nitrogens with two attached hydrogens (primary N) is 2. The van der Waals surface area contributed by atoms with E-state index in [9.17, 15) is 0 Å². The number of benzene rings is 1. The van der Waals surface area contributed by atoms with Gasteiger partial charge in [0.05, 0.1) is 5.00 Å². The largest absolute Gasteiger partial charge is 0.399 e. The number of nitrogen functional groups attached to an aromatic ring is 1. The molecule has 2 nitrogen and oxygen atoms in total. The zero-order chi connectivity index (χ0) is 12.7. The third-order valence-corrected chi connectivity index (χ3v) is 3.74. The summed E-state index contributed by atoms with van der Waals surface area (Å²) in [5.74, 6) is 0. The molecule has 1 unspecified atom stereocenters. The molecule has 1 aliphatic carbocycles. The van der Waals surface area contributed by atoms with Crippen molar-refractivity contribution in [3.05, 3.63) is 35.9 Å². The first-order chi connectivity index (χ1) is 7.80. The molecule has 0 saturated heterocycles. The van der Waals surface area contributed by atoms with Crippen molar-refractivity contribution in [2.24, 2.45) is 5.73 Å². The number of halogens is 3. The summed E-state index contributed by atoms with van der Waals surface area (Å²) in [4.78, 5) is -0.874. The van der Waals surface area contributed by atoms with Gasteiger partial charge in [0.1, 0.15) is 4.33 Å². The Hall–Kier alpha value is -0.410. The standard InChI is InChI=1S/C12H13Cl3N2/c13-11(17)6-5-10(12(14,15)7-11)8-1-3-9(16)4-2-8/h1-5H,6-7,16-17H2. The number of rotatable bonds is 1. The van der Waals surface area contributed by atoms with Gasteiger partial charge >= 0.3 is 0 Å². The molecule has 92 valence electrons. The van der Waals surface area contributed by atoms with Gasteiger partial charge in [-0.15, -0.1) is 11.6 Å². The highest BCUT2D eigenvalue weighted by Crippen LogP contribution is 2.48. The van der Waals surface area contributed by atoms with E-state index in [1.165, 1.54) is 0 Å². The smallest absolute Gasteiger partial charge is 0.146 e. The molecule has 1 atom stereocenters. The molecule has 17 heavy (non-hydrogen) atoms.